The molecule has 0 amide bonds. The number of hydrogen-bond acceptors (Lipinski definition) is 4. The second-order valence-electron chi connectivity index (χ2n) is 8.30. The first kappa shape index (κ1) is 22.2. The van der Waals surface area contributed by atoms with Gasteiger partial charge in [-0.15, -0.1) is 0 Å². The van der Waals surface area contributed by atoms with Crippen LogP contribution in [-0.2, 0) is 11.2 Å². The quantitative estimate of drug-likeness (QED) is 0.466. The fraction of sp³-hybridized carbons (Fsp3) is 0.133. The zero-order valence-corrected chi connectivity index (χ0v) is 19.7. The standard InChI is InChI=1S/C18H14O.C12H10O2S/c19-17-11-13-6-2-3-7-14(13)16-10-9-12-5-1-4-8-15(12)18(16)17;1-14-12(13)10-6-5-9-4-2-3-7-15-11(9)8-10/h2-3,5-7,9-11H,1,4,8H2;2-8H,1H3. The Balaban J connectivity index is 0.000000146. The highest BCUT2D eigenvalue weighted by atomic mass is 32.2. The van der Waals surface area contributed by atoms with Gasteiger partial charge in [0.1, 0.15) is 0 Å². The maximum Gasteiger partial charge on any atom is 0.337 e. The van der Waals surface area contributed by atoms with Crippen LogP contribution in [0.3, 0.4) is 0 Å². The van der Waals surface area contributed by atoms with Crippen LogP contribution in [0.5, 0.6) is 0 Å². The molecular weight excluding hydrogens is 440 g/mol. The van der Waals surface area contributed by atoms with Gasteiger partial charge < -0.3 is 4.74 Å². The van der Waals surface area contributed by atoms with E-state index < -0.39 is 0 Å². The Labute approximate surface area is 202 Å². The number of rotatable bonds is 1. The van der Waals surface area contributed by atoms with Crippen molar-refractivity contribution in [2.24, 2.45) is 0 Å². The number of allylic oxidation sites excluding steroid dienone is 2. The fourth-order valence-electron chi connectivity index (χ4n) is 4.58. The average Bonchev–Trinajstić information content (AvgIpc) is 3.13. The Bertz CT molecular complexity index is 1580. The second kappa shape index (κ2) is 9.70. The second-order valence-corrected chi connectivity index (χ2v) is 9.25. The molecule has 0 unspecified atom stereocenters. The van der Waals surface area contributed by atoms with E-state index in [-0.39, 0.29) is 11.8 Å². The molecule has 3 nitrogen and oxygen atoms in total. The SMILES string of the molecule is COC(=O)c1ccc2c(c1)SC=CC=C2.O=C1C=c2ccccc2=c2ccc3c(c21)CCCC=3. The van der Waals surface area contributed by atoms with Crippen molar-refractivity contribution in [3.8, 4) is 0 Å². The van der Waals surface area contributed by atoms with Gasteiger partial charge in [0.15, 0.2) is 5.78 Å². The van der Waals surface area contributed by atoms with Crippen LogP contribution in [-0.4, -0.2) is 18.9 Å². The summed E-state index contributed by atoms with van der Waals surface area (Å²) in [5, 5.41) is 6.58. The highest BCUT2D eigenvalue weighted by molar-refractivity contribution is 8.02. The van der Waals surface area contributed by atoms with Crippen molar-refractivity contribution >= 4 is 41.7 Å². The van der Waals surface area contributed by atoms with E-state index in [1.807, 2.05) is 54.0 Å². The maximum atomic E-state index is 12.5. The van der Waals surface area contributed by atoms with E-state index in [1.54, 1.807) is 23.9 Å². The van der Waals surface area contributed by atoms with Crippen LogP contribution in [0.2, 0.25) is 0 Å². The first-order valence-electron chi connectivity index (χ1n) is 11.4. The van der Waals surface area contributed by atoms with Crippen LogP contribution in [0.15, 0.2) is 77.1 Å². The van der Waals surface area contributed by atoms with Gasteiger partial charge in [-0.3, -0.25) is 4.79 Å². The third-order valence-electron chi connectivity index (χ3n) is 6.22. The van der Waals surface area contributed by atoms with Crippen molar-refractivity contribution in [3.05, 3.63) is 115 Å². The van der Waals surface area contributed by atoms with Crippen molar-refractivity contribution in [3.63, 3.8) is 0 Å². The number of benzene rings is 3. The predicted molar refractivity (Wildman–Crippen MR) is 138 cm³/mol. The number of methoxy groups -OCH3 is 1. The fourth-order valence-corrected chi connectivity index (χ4v) is 5.37. The molecule has 168 valence electrons. The van der Waals surface area contributed by atoms with Gasteiger partial charge in [-0.1, -0.05) is 78.5 Å². The number of ketones is 1. The van der Waals surface area contributed by atoms with Crippen LogP contribution in [0.1, 0.15) is 44.7 Å². The molecule has 34 heavy (non-hydrogen) atoms. The number of hydrogen-bond donors (Lipinski definition) is 0. The highest BCUT2D eigenvalue weighted by Gasteiger charge is 2.17. The molecule has 6 rings (SSSR count). The summed E-state index contributed by atoms with van der Waals surface area (Å²) in [6.07, 6.45) is 13.3. The van der Waals surface area contributed by atoms with Gasteiger partial charge in [0, 0.05) is 10.5 Å². The normalized spacial score (nSPS) is 14.6. The number of esters is 1. The Kier molecular flexibility index (Phi) is 6.33. The van der Waals surface area contributed by atoms with Crippen molar-refractivity contribution in [2.45, 2.75) is 24.2 Å². The zero-order chi connectivity index (χ0) is 23.5. The molecule has 0 saturated carbocycles. The van der Waals surface area contributed by atoms with E-state index >= 15 is 0 Å². The first-order valence-corrected chi connectivity index (χ1v) is 12.2. The minimum Gasteiger partial charge on any atom is -0.465 e. The van der Waals surface area contributed by atoms with E-state index in [0.29, 0.717) is 5.56 Å². The first-order chi connectivity index (χ1) is 16.7. The molecule has 2 aliphatic carbocycles. The Hall–Kier alpha value is -3.63. The van der Waals surface area contributed by atoms with Crippen molar-refractivity contribution in [2.75, 3.05) is 7.11 Å². The number of carbonyl (C=O) groups is 2. The highest BCUT2D eigenvalue weighted by Crippen LogP contribution is 2.28. The lowest BCUT2D eigenvalue weighted by Crippen LogP contribution is -2.22. The maximum absolute atomic E-state index is 12.5. The summed E-state index contributed by atoms with van der Waals surface area (Å²) in [5.41, 5.74) is 3.90. The molecule has 3 aromatic rings. The van der Waals surface area contributed by atoms with Gasteiger partial charge in [-0.05, 0) is 74.9 Å². The minimum absolute atomic E-state index is 0.167. The van der Waals surface area contributed by atoms with E-state index in [0.717, 1.165) is 45.7 Å². The molecule has 0 radical (unpaired) electrons. The van der Waals surface area contributed by atoms with E-state index in [1.165, 1.54) is 23.1 Å². The molecule has 0 saturated heterocycles. The van der Waals surface area contributed by atoms with E-state index in [4.69, 9.17) is 0 Å². The van der Waals surface area contributed by atoms with Gasteiger partial charge >= 0.3 is 5.97 Å². The molecule has 0 N–H and O–H groups in total. The Morgan fingerprint density at radius 1 is 0.971 bits per heavy atom. The molecule has 3 aliphatic rings. The molecule has 4 heteroatoms. The van der Waals surface area contributed by atoms with E-state index in [2.05, 4.69) is 29.0 Å². The molecular formula is C30H24O3S. The summed E-state index contributed by atoms with van der Waals surface area (Å²) in [7, 11) is 1.39. The summed E-state index contributed by atoms with van der Waals surface area (Å²) in [5.74, 6) is -0.128. The zero-order valence-electron chi connectivity index (χ0n) is 18.9. The largest absolute Gasteiger partial charge is 0.465 e. The molecule has 1 heterocycles. The van der Waals surface area contributed by atoms with E-state index in [9.17, 15) is 9.59 Å². The van der Waals surface area contributed by atoms with Crippen LogP contribution in [0, 0.1) is 10.4 Å². The smallest absolute Gasteiger partial charge is 0.337 e. The lowest BCUT2D eigenvalue weighted by molar-refractivity contribution is 0.0600. The minimum atomic E-state index is -0.296. The van der Waals surface area contributed by atoms with Crippen molar-refractivity contribution in [1.82, 2.24) is 0 Å². The summed E-state index contributed by atoms with van der Waals surface area (Å²) in [4.78, 5) is 24.8. The predicted octanol–water partition coefficient (Wildman–Crippen LogP) is 5.17. The number of Topliss-reactive ketones (excluding diaryl/α,β-unsaturated/α-hetero) is 1. The molecule has 0 aromatic heterocycles. The molecule has 3 aromatic carbocycles. The van der Waals surface area contributed by atoms with Crippen LogP contribution >= 0.6 is 11.8 Å². The number of thioether (sulfide) groups is 1. The Morgan fingerprint density at radius 3 is 2.74 bits per heavy atom. The third kappa shape index (κ3) is 4.29. The Morgan fingerprint density at radius 2 is 1.85 bits per heavy atom. The molecule has 0 fully saturated rings. The van der Waals surface area contributed by atoms with Gasteiger partial charge in [-0.25, -0.2) is 4.79 Å². The molecule has 0 atom stereocenters. The number of ether oxygens (including phenoxy) is 1. The lowest BCUT2D eigenvalue weighted by Gasteiger charge is -2.15. The monoisotopic (exact) mass is 464 g/mol. The third-order valence-corrected chi connectivity index (χ3v) is 7.12. The van der Waals surface area contributed by atoms with Crippen molar-refractivity contribution in [1.29, 1.82) is 0 Å². The number of carbonyl (C=O) groups excluding carboxylic acids is 2. The van der Waals surface area contributed by atoms with Gasteiger partial charge in [0.25, 0.3) is 0 Å². The van der Waals surface area contributed by atoms with Crippen LogP contribution in [0.4, 0.5) is 0 Å². The average molecular weight is 465 g/mol. The molecule has 0 bridgehead atoms. The van der Waals surface area contributed by atoms with Crippen LogP contribution in [0.25, 0.3) is 18.2 Å². The molecule has 0 spiro atoms. The summed E-state index contributed by atoms with van der Waals surface area (Å²) < 4.78 is 4.67. The summed E-state index contributed by atoms with van der Waals surface area (Å²) in [6, 6.07) is 18.0. The summed E-state index contributed by atoms with van der Waals surface area (Å²) >= 11 is 1.60. The van der Waals surface area contributed by atoms with Gasteiger partial charge in [-0.2, -0.15) is 0 Å². The van der Waals surface area contributed by atoms with Gasteiger partial charge in [0.2, 0.25) is 0 Å². The van der Waals surface area contributed by atoms with Crippen LogP contribution < -0.4 is 10.4 Å². The topological polar surface area (TPSA) is 43.4 Å². The summed E-state index contributed by atoms with van der Waals surface area (Å²) in [6.45, 7) is 0. The lowest BCUT2D eigenvalue weighted by atomic mass is 9.88. The molecule has 1 aliphatic heterocycles. The number of fused-ring (bicyclic) bond motifs is 5. The van der Waals surface area contributed by atoms with Gasteiger partial charge in [0.05, 0.1) is 12.7 Å². The van der Waals surface area contributed by atoms with Crippen molar-refractivity contribution < 1.29 is 14.3 Å².